The van der Waals surface area contributed by atoms with Crippen LogP contribution in [0, 0.1) is 0 Å². The Bertz CT molecular complexity index is 859. The molecule has 0 spiro atoms. The van der Waals surface area contributed by atoms with Gasteiger partial charge >= 0.3 is 5.97 Å². The lowest BCUT2D eigenvalue weighted by Gasteiger charge is -2.07. The molecule has 0 radical (unpaired) electrons. The molecule has 7 nitrogen and oxygen atoms in total. The van der Waals surface area contributed by atoms with Crippen molar-refractivity contribution in [2.24, 2.45) is 5.14 Å². The number of primary sulfonamides is 1. The number of nitrogens with two attached hydrogens (primary N) is 1. The number of sulfonamides is 1. The van der Waals surface area contributed by atoms with Crippen molar-refractivity contribution < 1.29 is 22.7 Å². The Balaban J connectivity index is 1.88. The highest BCUT2D eigenvalue weighted by molar-refractivity contribution is 7.89. The number of anilines is 1. The molecule has 1 amide bonds. The minimum Gasteiger partial charge on any atom is -0.452 e. The number of aryl methyl sites for hydroxylation is 1. The zero-order valence-corrected chi connectivity index (χ0v) is 14.4. The SMILES string of the molecule is CCc1ccc(C(=O)OCC(=O)Nc2ccc(S(N)(=O)=O)cc2)cc1. The summed E-state index contributed by atoms with van der Waals surface area (Å²) in [7, 11) is -3.79. The fourth-order valence-corrected chi connectivity index (χ4v) is 2.53. The van der Waals surface area contributed by atoms with Crippen LogP contribution in [0.5, 0.6) is 0 Å². The van der Waals surface area contributed by atoms with Crippen molar-refractivity contribution >= 4 is 27.6 Å². The Morgan fingerprint density at radius 2 is 1.64 bits per heavy atom. The molecule has 132 valence electrons. The van der Waals surface area contributed by atoms with Gasteiger partial charge in [0.2, 0.25) is 10.0 Å². The van der Waals surface area contributed by atoms with E-state index in [-0.39, 0.29) is 4.90 Å². The average Bonchev–Trinajstić information content (AvgIpc) is 2.59. The van der Waals surface area contributed by atoms with Crippen molar-refractivity contribution in [3.63, 3.8) is 0 Å². The molecule has 0 heterocycles. The van der Waals surface area contributed by atoms with Crippen LogP contribution in [0.2, 0.25) is 0 Å². The number of carbonyl (C=O) groups is 2. The first-order chi connectivity index (χ1) is 11.8. The van der Waals surface area contributed by atoms with Gasteiger partial charge in [-0.15, -0.1) is 0 Å². The van der Waals surface area contributed by atoms with Crippen LogP contribution in [0.1, 0.15) is 22.8 Å². The molecule has 3 N–H and O–H groups in total. The third-order valence-corrected chi connectivity index (χ3v) is 4.33. The third kappa shape index (κ3) is 5.40. The molecule has 0 bridgehead atoms. The van der Waals surface area contributed by atoms with Crippen molar-refractivity contribution in [1.29, 1.82) is 0 Å². The van der Waals surface area contributed by atoms with Gasteiger partial charge in [0.1, 0.15) is 0 Å². The summed E-state index contributed by atoms with van der Waals surface area (Å²) in [5, 5.41) is 7.48. The number of rotatable bonds is 6. The summed E-state index contributed by atoms with van der Waals surface area (Å²) in [4.78, 5) is 23.6. The molecule has 25 heavy (non-hydrogen) atoms. The fourth-order valence-electron chi connectivity index (χ4n) is 2.02. The molecular weight excluding hydrogens is 344 g/mol. The number of hydrogen-bond donors (Lipinski definition) is 2. The van der Waals surface area contributed by atoms with Gasteiger partial charge in [-0.25, -0.2) is 18.4 Å². The summed E-state index contributed by atoms with van der Waals surface area (Å²) < 4.78 is 27.3. The molecule has 0 fully saturated rings. The quantitative estimate of drug-likeness (QED) is 0.759. The molecule has 2 aromatic rings. The predicted octanol–water partition coefficient (Wildman–Crippen LogP) is 1.69. The van der Waals surface area contributed by atoms with Crippen LogP contribution in [-0.2, 0) is 26.0 Å². The lowest BCUT2D eigenvalue weighted by Crippen LogP contribution is -2.21. The smallest absolute Gasteiger partial charge is 0.338 e. The Morgan fingerprint density at radius 3 is 2.16 bits per heavy atom. The lowest BCUT2D eigenvalue weighted by molar-refractivity contribution is -0.119. The van der Waals surface area contributed by atoms with Gasteiger partial charge in [0.15, 0.2) is 6.61 Å². The van der Waals surface area contributed by atoms with Gasteiger partial charge in [0, 0.05) is 5.69 Å². The van der Waals surface area contributed by atoms with Crippen LogP contribution in [0.3, 0.4) is 0 Å². The zero-order valence-electron chi connectivity index (χ0n) is 13.6. The van der Waals surface area contributed by atoms with E-state index < -0.39 is 28.5 Å². The van der Waals surface area contributed by atoms with Crippen LogP contribution in [0.15, 0.2) is 53.4 Å². The van der Waals surface area contributed by atoms with Crippen LogP contribution >= 0.6 is 0 Å². The van der Waals surface area contributed by atoms with E-state index in [1.807, 2.05) is 19.1 Å². The third-order valence-electron chi connectivity index (χ3n) is 3.40. The Morgan fingerprint density at radius 1 is 1.04 bits per heavy atom. The first-order valence-corrected chi connectivity index (χ1v) is 9.03. The Labute approximate surface area is 145 Å². The van der Waals surface area contributed by atoms with Gasteiger partial charge < -0.3 is 10.1 Å². The second-order valence-corrected chi connectivity index (χ2v) is 6.81. The monoisotopic (exact) mass is 362 g/mol. The van der Waals surface area contributed by atoms with E-state index in [4.69, 9.17) is 9.88 Å². The highest BCUT2D eigenvalue weighted by Crippen LogP contribution is 2.13. The second kappa shape index (κ2) is 7.91. The van der Waals surface area contributed by atoms with Gasteiger partial charge in [-0.2, -0.15) is 0 Å². The average molecular weight is 362 g/mol. The van der Waals surface area contributed by atoms with E-state index in [1.54, 1.807) is 12.1 Å². The maximum atomic E-state index is 11.9. The second-order valence-electron chi connectivity index (χ2n) is 5.24. The maximum Gasteiger partial charge on any atom is 0.338 e. The van der Waals surface area contributed by atoms with Crippen molar-refractivity contribution in [2.45, 2.75) is 18.2 Å². The highest BCUT2D eigenvalue weighted by Gasteiger charge is 2.11. The number of nitrogens with one attached hydrogen (secondary N) is 1. The largest absolute Gasteiger partial charge is 0.452 e. The maximum absolute atomic E-state index is 11.9. The van der Waals surface area contributed by atoms with Gasteiger partial charge in [-0.1, -0.05) is 19.1 Å². The molecule has 0 aliphatic carbocycles. The first-order valence-electron chi connectivity index (χ1n) is 7.48. The van der Waals surface area contributed by atoms with E-state index in [9.17, 15) is 18.0 Å². The number of ether oxygens (including phenoxy) is 1. The molecule has 0 saturated heterocycles. The molecule has 0 aliphatic heterocycles. The van der Waals surface area contributed by atoms with Gasteiger partial charge in [-0.05, 0) is 48.4 Å². The fraction of sp³-hybridized carbons (Fsp3) is 0.176. The standard InChI is InChI=1S/C17H18N2O5S/c1-2-12-3-5-13(6-4-12)17(21)24-11-16(20)19-14-7-9-15(10-8-14)25(18,22)23/h3-10H,2,11H2,1H3,(H,19,20)(H2,18,22,23). The van der Waals surface area contributed by atoms with Crippen LogP contribution in [0.4, 0.5) is 5.69 Å². The molecule has 2 aromatic carbocycles. The predicted molar refractivity (Wildman–Crippen MR) is 92.5 cm³/mol. The summed E-state index contributed by atoms with van der Waals surface area (Å²) in [6.45, 7) is 1.55. The van der Waals surface area contributed by atoms with E-state index in [0.29, 0.717) is 11.3 Å². The molecular formula is C17H18N2O5S. The number of carbonyl (C=O) groups excluding carboxylic acids is 2. The van der Waals surface area contributed by atoms with E-state index >= 15 is 0 Å². The summed E-state index contributed by atoms with van der Waals surface area (Å²) in [5.41, 5.74) is 1.82. The van der Waals surface area contributed by atoms with Crippen LogP contribution in [0.25, 0.3) is 0 Å². The molecule has 2 rings (SSSR count). The molecule has 8 heteroatoms. The Hall–Kier alpha value is -2.71. The topological polar surface area (TPSA) is 116 Å². The summed E-state index contributed by atoms with van der Waals surface area (Å²) in [5.74, 6) is -1.13. The minimum absolute atomic E-state index is 0.0625. The van der Waals surface area contributed by atoms with Crippen LogP contribution < -0.4 is 10.5 Å². The van der Waals surface area contributed by atoms with E-state index in [0.717, 1.165) is 12.0 Å². The van der Waals surface area contributed by atoms with E-state index in [1.165, 1.54) is 24.3 Å². The van der Waals surface area contributed by atoms with Gasteiger partial charge in [0.05, 0.1) is 10.5 Å². The number of benzene rings is 2. The first kappa shape index (κ1) is 18.6. The summed E-state index contributed by atoms with van der Waals surface area (Å²) in [6, 6.07) is 12.3. The molecule has 0 atom stereocenters. The van der Waals surface area contributed by atoms with Gasteiger partial charge in [0.25, 0.3) is 5.91 Å². The molecule has 0 aromatic heterocycles. The zero-order chi connectivity index (χ0) is 18.4. The molecule has 0 unspecified atom stereocenters. The van der Waals surface area contributed by atoms with Crippen molar-refractivity contribution in [3.8, 4) is 0 Å². The van der Waals surface area contributed by atoms with Crippen LogP contribution in [-0.4, -0.2) is 26.9 Å². The minimum atomic E-state index is -3.79. The summed E-state index contributed by atoms with van der Waals surface area (Å²) in [6.07, 6.45) is 0.863. The van der Waals surface area contributed by atoms with Crippen molar-refractivity contribution in [2.75, 3.05) is 11.9 Å². The normalized spacial score (nSPS) is 11.0. The Kier molecular flexibility index (Phi) is 5.89. The highest BCUT2D eigenvalue weighted by atomic mass is 32.2. The molecule has 0 aliphatic rings. The van der Waals surface area contributed by atoms with Crippen molar-refractivity contribution in [1.82, 2.24) is 0 Å². The lowest BCUT2D eigenvalue weighted by atomic mass is 10.1. The number of hydrogen-bond acceptors (Lipinski definition) is 5. The number of esters is 1. The van der Waals surface area contributed by atoms with E-state index in [2.05, 4.69) is 5.32 Å². The van der Waals surface area contributed by atoms with Crippen molar-refractivity contribution in [3.05, 3.63) is 59.7 Å². The molecule has 0 saturated carbocycles. The summed E-state index contributed by atoms with van der Waals surface area (Å²) >= 11 is 0. The number of amides is 1. The van der Waals surface area contributed by atoms with Gasteiger partial charge in [-0.3, -0.25) is 4.79 Å².